The van der Waals surface area contributed by atoms with E-state index in [2.05, 4.69) is 42.8 Å². The highest BCUT2D eigenvalue weighted by molar-refractivity contribution is 5.88. The first-order chi connectivity index (χ1) is 9.76. The first-order valence-electron chi connectivity index (χ1n) is 6.47. The Hall–Kier alpha value is -2.64. The summed E-state index contributed by atoms with van der Waals surface area (Å²) < 4.78 is 1.73. The van der Waals surface area contributed by atoms with Crippen LogP contribution in [-0.2, 0) is 7.05 Å². The van der Waals surface area contributed by atoms with Gasteiger partial charge in [-0.15, -0.1) is 0 Å². The number of fused-ring (bicyclic) bond motifs is 1. The highest BCUT2D eigenvalue weighted by atomic mass is 15.3. The van der Waals surface area contributed by atoms with E-state index in [0.717, 1.165) is 24.0 Å². The fourth-order valence-corrected chi connectivity index (χ4v) is 1.87. The fourth-order valence-electron chi connectivity index (χ4n) is 1.87. The SMILES string of the molecule is CCCNc1nc(Nc2cnn(C)c2)c2cn[nH]c2n1. The van der Waals surface area contributed by atoms with E-state index in [1.165, 1.54) is 0 Å². The van der Waals surface area contributed by atoms with Gasteiger partial charge in [0, 0.05) is 19.8 Å². The van der Waals surface area contributed by atoms with Crippen LogP contribution in [0, 0.1) is 0 Å². The van der Waals surface area contributed by atoms with Gasteiger partial charge >= 0.3 is 0 Å². The molecule has 3 N–H and O–H groups in total. The van der Waals surface area contributed by atoms with E-state index in [1.807, 2.05) is 13.2 Å². The van der Waals surface area contributed by atoms with Crippen LogP contribution in [0.25, 0.3) is 11.0 Å². The number of rotatable bonds is 5. The van der Waals surface area contributed by atoms with Crippen molar-refractivity contribution in [3.8, 4) is 0 Å². The molecule has 8 heteroatoms. The number of aromatic amines is 1. The van der Waals surface area contributed by atoms with Crippen molar-refractivity contribution in [2.24, 2.45) is 7.05 Å². The molecule has 3 rings (SSSR count). The average molecular weight is 272 g/mol. The average Bonchev–Trinajstić information content (AvgIpc) is 3.05. The molecule has 0 aliphatic carbocycles. The largest absolute Gasteiger partial charge is 0.354 e. The number of H-pyrrole nitrogens is 1. The van der Waals surface area contributed by atoms with Gasteiger partial charge in [-0.05, 0) is 6.42 Å². The Labute approximate surface area is 115 Å². The van der Waals surface area contributed by atoms with Crippen LogP contribution in [0.5, 0.6) is 0 Å². The minimum atomic E-state index is 0.579. The lowest BCUT2D eigenvalue weighted by atomic mass is 10.4. The van der Waals surface area contributed by atoms with E-state index in [1.54, 1.807) is 17.1 Å². The molecule has 0 aromatic carbocycles. The van der Waals surface area contributed by atoms with Gasteiger partial charge in [0.2, 0.25) is 5.95 Å². The molecule has 0 amide bonds. The second-order valence-electron chi connectivity index (χ2n) is 4.48. The summed E-state index contributed by atoms with van der Waals surface area (Å²) in [7, 11) is 1.87. The van der Waals surface area contributed by atoms with Crippen molar-refractivity contribution in [2.45, 2.75) is 13.3 Å². The predicted octanol–water partition coefficient (Wildman–Crippen LogP) is 1.65. The lowest BCUT2D eigenvalue weighted by Crippen LogP contribution is -2.06. The third kappa shape index (κ3) is 2.40. The van der Waals surface area contributed by atoms with E-state index in [9.17, 15) is 0 Å². The van der Waals surface area contributed by atoms with Crippen molar-refractivity contribution < 1.29 is 0 Å². The number of aryl methyl sites for hydroxylation is 1. The monoisotopic (exact) mass is 272 g/mol. The smallest absolute Gasteiger partial charge is 0.226 e. The van der Waals surface area contributed by atoms with Crippen LogP contribution in [0.1, 0.15) is 13.3 Å². The number of nitrogens with zero attached hydrogens (tertiary/aromatic N) is 5. The van der Waals surface area contributed by atoms with Crippen molar-refractivity contribution in [3.05, 3.63) is 18.6 Å². The normalized spacial score (nSPS) is 10.9. The van der Waals surface area contributed by atoms with Gasteiger partial charge in [-0.2, -0.15) is 20.2 Å². The minimum absolute atomic E-state index is 0.579. The van der Waals surface area contributed by atoms with Gasteiger partial charge in [0.05, 0.1) is 23.5 Å². The molecule has 0 unspecified atom stereocenters. The van der Waals surface area contributed by atoms with Gasteiger partial charge in [-0.3, -0.25) is 9.78 Å². The molecule has 3 aromatic rings. The van der Waals surface area contributed by atoms with Crippen molar-refractivity contribution in [1.82, 2.24) is 29.9 Å². The number of anilines is 3. The summed E-state index contributed by atoms with van der Waals surface area (Å²) >= 11 is 0. The van der Waals surface area contributed by atoms with Crippen LogP contribution in [0.15, 0.2) is 18.6 Å². The summed E-state index contributed by atoms with van der Waals surface area (Å²) in [6.07, 6.45) is 6.34. The van der Waals surface area contributed by atoms with Crippen LogP contribution in [0.4, 0.5) is 17.5 Å². The highest BCUT2D eigenvalue weighted by Gasteiger charge is 2.10. The molecule has 0 aliphatic heterocycles. The Morgan fingerprint density at radius 1 is 1.30 bits per heavy atom. The van der Waals surface area contributed by atoms with Crippen molar-refractivity contribution in [1.29, 1.82) is 0 Å². The topological polar surface area (TPSA) is 96.3 Å². The molecule has 0 bridgehead atoms. The first-order valence-corrected chi connectivity index (χ1v) is 6.47. The second-order valence-corrected chi connectivity index (χ2v) is 4.48. The van der Waals surface area contributed by atoms with Crippen LogP contribution >= 0.6 is 0 Å². The Bertz CT molecular complexity index is 713. The van der Waals surface area contributed by atoms with Gasteiger partial charge < -0.3 is 10.6 Å². The zero-order valence-electron chi connectivity index (χ0n) is 11.4. The summed E-state index contributed by atoms with van der Waals surface area (Å²) in [4.78, 5) is 8.86. The summed E-state index contributed by atoms with van der Waals surface area (Å²) in [5, 5.41) is 18.3. The van der Waals surface area contributed by atoms with E-state index in [-0.39, 0.29) is 0 Å². The van der Waals surface area contributed by atoms with Crippen LogP contribution in [0.3, 0.4) is 0 Å². The first kappa shape index (κ1) is 12.4. The Kier molecular flexibility index (Phi) is 3.20. The molecule has 0 saturated carbocycles. The van der Waals surface area contributed by atoms with E-state index in [4.69, 9.17) is 0 Å². The van der Waals surface area contributed by atoms with Gasteiger partial charge in [0.15, 0.2) is 5.65 Å². The van der Waals surface area contributed by atoms with Gasteiger partial charge in [-0.25, -0.2) is 0 Å². The maximum absolute atomic E-state index is 4.48. The molecule has 104 valence electrons. The molecule has 8 nitrogen and oxygen atoms in total. The molecule has 3 heterocycles. The van der Waals surface area contributed by atoms with Crippen LogP contribution in [0.2, 0.25) is 0 Å². The number of hydrogen-bond donors (Lipinski definition) is 3. The lowest BCUT2D eigenvalue weighted by Gasteiger charge is -2.07. The fraction of sp³-hybridized carbons (Fsp3) is 0.333. The molecular formula is C12H16N8. The molecule has 3 aromatic heterocycles. The highest BCUT2D eigenvalue weighted by Crippen LogP contribution is 2.23. The molecular weight excluding hydrogens is 256 g/mol. The molecule has 0 atom stereocenters. The summed E-state index contributed by atoms with van der Waals surface area (Å²) in [5.74, 6) is 1.28. The quantitative estimate of drug-likeness (QED) is 0.653. The van der Waals surface area contributed by atoms with Crippen LogP contribution < -0.4 is 10.6 Å². The van der Waals surface area contributed by atoms with Crippen LogP contribution in [-0.4, -0.2) is 36.5 Å². The lowest BCUT2D eigenvalue weighted by molar-refractivity contribution is 0.768. The third-order valence-corrected chi connectivity index (χ3v) is 2.81. The van der Waals surface area contributed by atoms with Crippen molar-refractivity contribution in [3.63, 3.8) is 0 Å². The molecule has 0 fully saturated rings. The van der Waals surface area contributed by atoms with E-state index >= 15 is 0 Å². The Morgan fingerprint density at radius 3 is 2.95 bits per heavy atom. The van der Waals surface area contributed by atoms with E-state index in [0.29, 0.717) is 17.4 Å². The van der Waals surface area contributed by atoms with E-state index < -0.39 is 0 Å². The number of hydrogen-bond acceptors (Lipinski definition) is 6. The van der Waals surface area contributed by atoms with Gasteiger partial charge in [-0.1, -0.05) is 6.92 Å². The zero-order valence-corrected chi connectivity index (χ0v) is 11.4. The molecule has 0 spiro atoms. The maximum atomic E-state index is 4.48. The Morgan fingerprint density at radius 2 is 2.20 bits per heavy atom. The number of nitrogens with one attached hydrogen (secondary N) is 3. The maximum Gasteiger partial charge on any atom is 0.226 e. The predicted molar refractivity (Wildman–Crippen MR) is 77.0 cm³/mol. The zero-order chi connectivity index (χ0) is 13.9. The standard InChI is InChI=1S/C12H16N8/c1-3-4-13-12-17-10(9-6-14-19-11(9)18-12)16-8-5-15-20(2)7-8/h5-7H,3-4H2,1-2H3,(H3,13,14,16,17,18,19). The van der Waals surface area contributed by atoms with Crippen molar-refractivity contribution in [2.75, 3.05) is 17.2 Å². The summed E-state index contributed by atoms with van der Waals surface area (Å²) in [6.45, 7) is 2.92. The molecule has 0 aliphatic rings. The van der Waals surface area contributed by atoms with Gasteiger partial charge in [0.1, 0.15) is 5.82 Å². The second kappa shape index (κ2) is 5.16. The summed E-state index contributed by atoms with van der Waals surface area (Å²) in [6, 6.07) is 0. The third-order valence-electron chi connectivity index (χ3n) is 2.81. The number of aromatic nitrogens is 6. The van der Waals surface area contributed by atoms with Crippen molar-refractivity contribution >= 4 is 28.5 Å². The molecule has 0 saturated heterocycles. The van der Waals surface area contributed by atoms with Gasteiger partial charge in [0.25, 0.3) is 0 Å². The Balaban J connectivity index is 1.96. The minimum Gasteiger partial charge on any atom is -0.354 e. The molecule has 0 radical (unpaired) electrons. The summed E-state index contributed by atoms with van der Waals surface area (Å²) in [5.41, 5.74) is 1.57. The molecule has 20 heavy (non-hydrogen) atoms.